The van der Waals surface area contributed by atoms with Crippen molar-refractivity contribution in [2.24, 2.45) is 5.92 Å². The maximum absolute atomic E-state index is 10.5. The molecule has 0 aliphatic carbocycles. The zero-order valence-corrected chi connectivity index (χ0v) is 9.45. The molecular formula is C11H15N3O3. The lowest BCUT2D eigenvalue weighted by atomic mass is 9.99. The number of aromatic nitrogens is 1. The number of hydrogen-bond donors (Lipinski definition) is 1. The second-order valence-corrected chi connectivity index (χ2v) is 4.27. The van der Waals surface area contributed by atoms with Crippen LogP contribution in [0.5, 0.6) is 0 Å². The van der Waals surface area contributed by atoms with Crippen LogP contribution < -0.4 is 4.90 Å². The zero-order valence-electron chi connectivity index (χ0n) is 9.45. The Kier molecular flexibility index (Phi) is 3.53. The predicted molar refractivity (Wildman–Crippen MR) is 62.9 cm³/mol. The minimum absolute atomic E-state index is 0.00414. The number of piperidine rings is 1. The van der Waals surface area contributed by atoms with Crippen LogP contribution in [0.3, 0.4) is 0 Å². The fraction of sp³-hybridized carbons (Fsp3) is 0.545. The second kappa shape index (κ2) is 5.09. The molecule has 0 saturated carbocycles. The molecule has 0 spiro atoms. The summed E-state index contributed by atoms with van der Waals surface area (Å²) in [6.07, 6.45) is 3.32. The van der Waals surface area contributed by atoms with Gasteiger partial charge in [-0.2, -0.15) is 0 Å². The van der Waals surface area contributed by atoms with Crippen LogP contribution in [0.4, 0.5) is 11.5 Å². The summed E-state index contributed by atoms with van der Waals surface area (Å²) in [7, 11) is 0. The smallest absolute Gasteiger partial charge is 0.287 e. The van der Waals surface area contributed by atoms with Crippen molar-refractivity contribution >= 4 is 11.5 Å². The first-order chi connectivity index (χ1) is 8.20. The first kappa shape index (κ1) is 11.8. The van der Waals surface area contributed by atoms with Gasteiger partial charge in [0.2, 0.25) is 0 Å². The molecule has 1 aromatic heterocycles. The molecule has 0 bridgehead atoms. The Morgan fingerprint density at radius 3 is 3.00 bits per heavy atom. The molecule has 2 rings (SSSR count). The molecule has 0 aromatic carbocycles. The van der Waals surface area contributed by atoms with E-state index in [4.69, 9.17) is 5.11 Å². The van der Waals surface area contributed by atoms with Gasteiger partial charge in [0.05, 0.1) is 4.92 Å². The maximum Gasteiger partial charge on any atom is 0.287 e. The molecule has 0 unspecified atom stereocenters. The average molecular weight is 237 g/mol. The van der Waals surface area contributed by atoms with E-state index in [1.165, 1.54) is 12.3 Å². The number of anilines is 1. The Balaban J connectivity index is 2.08. The lowest BCUT2D eigenvalue weighted by molar-refractivity contribution is -0.385. The average Bonchev–Trinajstić information content (AvgIpc) is 2.39. The highest BCUT2D eigenvalue weighted by molar-refractivity contribution is 5.43. The van der Waals surface area contributed by atoms with Gasteiger partial charge in [-0.05, 0) is 24.8 Å². The molecule has 1 saturated heterocycles. The van der Waals surface area contributed by atoms with Gasteiger partial charge in [-0.15, -0.1) is 0 Å². The first-order valence-electron chi connectivity index (χ1n) is 5.67. The molecular weight excluding hydrogens is 222 g/mol. The SMILES string of the molecule is O=[N+]([O-])c1ccc(N2CCC[C@H](CO)C2)nc1. The molecule has 92 valence electrons. The van der Waals surface area contributed by atoms with Crippen molar-refractivity contribution in [1.29, 1.82) is 0 Å². The molecule has 1 aliphatic heterocycles. The van der Waals surface area contributed by atoms with E-state index in [1.54, 1.807) is 6.07 Å². The summed E-state index contributed by atoms with van der Waals surface area (Å²) in [4.78, 5) is 16.2. The topological polar surface area (TPSA) is 79.5 Å². The Labute approximate surface area is 99.0 Å². The summed E-state index contributed by atoms with van der Waals surface area (Å²) in [5, 5.41) is 19.6. The molecule has 17 heavy (non-hydrogen) atoms. The quantitative estimate of drug-likeness (QED) is 0.631. The molecule has 1 N–H and O–H groups in total. The molecule has 0 radical (unpaired) electrons. The molecule has 1 fully saturated rings. The molecule has 6 nitrogen and oxygen atoms in total. The van der Waals surface area contributed by atoms with Crippen LogP contribution in [-0.4, -0.2) is 34.7 Å². The fourth-order valence-corrected chi connectivity index (χ4v) is 2.10. The van der Waals surface area contributed by atoms with Crippen molar-refractivity contribution in [3.63, 3.8) is 0 Å². The van der Waals surface area contributed by atoms with Gasteiger partial charge in [-0.3, -0.25) is 10.1 Å². The van der Waals surface area contributed by atoms with Crippen molar-refractivity contribution in [2.75, 3.05) is 24.6 Å². The van der Waals surface area contributed by atoms with Gasteiger partial charge in [-0.1, -0.05) is 0 Å². The van der Waals surface area contributed by atoms with Crippen molar-refractivity contribution < 1.29 is 10.0 Å². The summed E-state index contributed by atoms with van der Waals surface area (Å²) in [6.45, 7) is 1.84. The lowest BCUT2D eigenvalue weighted by Gasteiger charge is -2.32. The summed E-state index contributed by atoms with van der Waals surface area (Å²) in [6, 6.07) is 3.13. The van der Waals surface area contributed by atoms with E-state index in [0.29, 0.717) is 0 Å². The van der Waals surface area contributed by atoms with E-state index in [2.05, 4.69) is 9.88 Å². The van der Waals surface area contributed by atoms with Crippen LogP contribution >= 0.6 is 0 Å². The third-order valence-electron chi connectivity index (χ3n) is 3.04. The molecule has 2 heterocycles. The van der Waals surface area contributed by atoms with Crippen LogP contribution in [0.15, 0.2) is 18.3 Å². The standard InChI is InChI=1S/C11H15N3O3/c15-8-9-2-1-5-13(7-9)11-4-3-10(6-12-11)14(16)17/h3-4,6,9,15H,1-2,5,7-8H2/t9-/m0/s1. The first-order valence-corrected chi connectivity index (χ1v) is 5.67. The van der Waals surface area contributed by atoms with Crippen LogP contribution in [0.1, 0.15) is 12.8 Å². The number of pyridine rings is 1. The summed E-state index contributed by atoms with van der Waals surface area (Å²) >= 11 is 0. The zero-order chi connectivity index (χ0) is 12.3. The van der Waals surface area contributed by atoms with Gasteiger partial charge in [0, 0.05) is 25.8 Å². The summed E-state index contributed by atoms with van der Waals surface area (Å²) in [5.41, 5.74) is 0.00414. The fourth-order valence-electron chi connectivity index (χ4n) is 2.10. The van der Waals surface area contributed by atoms with Crippen LogP contribution in [0.25, 0.3) is 0 Å². The number of aliphatic hydroxyl groups is 1. The lowest BCUT2D eigenvalue weighted by Crippen LogP contribution is -2.37. The Bertz CT molecular complexity index is 393. The Hall–Kier alpha value is -1.69. The third kappa shape index (κ3) is 2.71. The summed E-state index contributed by atoms with van der Waals surface area (Å²) in [5.74, 6) is 1.02. The molecule has 1 atom stereocenters. The second-order valence-electron chi connectivity index (χ2n) is 4.27. The van der Waals surface area contributed by atoms with E-state index in [0.717, 1.165) is 31.7 Å². The summed E-state index contributed by atoms with van der Waals surface area (Å²) < 4.78 is 0. The highest BCUT2D eigenvalue weighted by atomic mass is 16.6. The van der Waals surface area contributed by atoms with E-state index in [9.17, 15) is 10.1 Å². The van der Waals surface area contributed by atoms with E-state index >= 15 is 0 Å². The van der Waals surface area contributed by atoms with Crippen LogP contribution in [0.2, 0.25) is 0 Å². The van der Waals surface area contributed by atoms with Crippen LogP contribution in [0, 0.1) is 16.0 Å². The maximum atomic E-state index is 10.5. The number of nitrogens with zero attached hydrogens (tertiary/aromatic N) is 3. The van der Waals surface area contributed by atoms with Crippen LogP contribution in [-0.2, 0) is 0 Å². The highest BCUT2D eigenvalue weighted by Gasteiger charge is 2.20. The van der Waals surface area contributed by atoms with Gasteiger partial charge in [0.25, 0.3) is 5.69 Å². The van der Waals surface area contributed by atoms with E-state index in [1.807, 2.05) is 0 Å². The predicted octanol–water partition coefficient (Wildman–Crippen LogP) is 1.20. The van der Waals surface area contributed by atoms with Gasteiger partial charge < -0.3 is 10.0 Å². The molecule has 6 heteroatoms. The van der Waals surface area contributed by atoms with E-state index < -0.39 is 4.92 Å². The number of aliphatic hydroxyl groups excluding tert-OH is 1. The molecule has 1 aromatic rings. The monoisotopic (exact) mass is 237 g/mol. The third-order valence-corrected chi connectivity index (χ3v) is 3.04. The van der Waals surface area contributed by atoms with E-state index in [-0.39, 0.29) is 18.2 Å². The van der Waals surface area contributed by atoms with Crippen molar-refractivity contribution in [3.8, 4) is 0 Å². The van der Waals surface area contributed by atoms with Crippen molar-refractivity contribution in [3.05, 3.63) is 28.4 Å². The minimum atomic E-state index is -0.455. The Morgan fingerprint density at radius 2 is 2.41 bits per heavy atom. The molecule has 1 aliphatic rings. The van der Waals surface area contributed by atoms with Gasteiger partial charge in [0.1, 0.15) is 12.0 Å². The van der Waals surface area contributed by atoms with Crippen molar-refractivity contribution in [2.45, 2.75) is 12.8 Å². The van der Waals surface area contributed by atoms with Crippen molar-refractivity contribution in [1.82, 2.24) is 4.98 Å². The number of nitro groups is 1. The Morgan fingerprint density at radius 1 is 1.59 bits per heavy atom. The minimum Gasteiger partial charge on any atom is -0.396 e. The van der Waals surface area contributed by atoms with Gasteiger partial charge in [-0.25, -0.2) is 4.98 Å². The van der Waals surface area contributed by atoms with Gasteiger partial charge >= 0.3 is 0 Å². The van der Waals surface area contributed by atoms with Gasteiger partial charge in [0.15, 0.2) is 0 Å². The highest BCUT2D eigenvalue weighted by Crippen LogP contribution is 2.22. The number of rotatable bonds is 3. The normalized spacial score (nSPS) is 20.3. The number of hydrogen-bond acceptors (Lipinski definition) is 5. The molecule has 0 amide bonds. The largest absolute Gasteiger partial charge is 0.396 e.